The first-order chi connectivity index (χ1) is 17.0. The number of methoxy groups -OCH3 is 3. The lowest BCUT2D eigenvalue weighted by molar-refractivity contribution is -0.140. The number of nitrogens with zero attached hydrogens (tertiary/aromatic N) is 2. The number of amides is 1. The van der Waals surface area contributed by atoms with Gasteiger partial charge in [0, 0.05) is 31.7 Å². The van der Waals surface area contributed by atoms with Crippen molar-refractivity contribution in [3.63, 3.8) is 0 Å². The van der Waals surface area contributed by atoms with Gasteiger partial charge in [-0.25, -0.2) is 0 Å². The van der Waals surface area contributed by atoms with E-state index in [9.17, 15) is 14.7 Å². The van der Waals surface area contributed by atoms with Crippen LogP contribution in [0.1, 0.15) is 17.2 Å². The molecule has 2 aromatic rings. The van der Waals surface area contributed by atoms with Crippen LogP contribution < -0.4 is 14.2 Å². The minimum absolute atomic E-state index is 0.0254. The number of ketones is 1. The van der Waals surface area contributed by atoms with E-state index >= 15 is 0 Å². The molecule has 2 aromatic carbocycles. The molecule has 2 heterocycles. The first kappa shape index (κ1) is 24.6. The van der Waals surface area contributed by atoms with Gasteiger partial charge in [0.15, 0.2) is 11.5 Å². The Kier molecular flexibility index (Phi) is 7.57. The molecule has 2 aliphatic rings. The lowest BCUT2D eigenvalue weighted by Crippen LogP contribution is -2.42. The molecule has 9 heteroatoms. The van der Waals surface area contributed by atoms with Crippen molar-refractivity contribution in [1.29, 1.82) is 0 Å². The molecule has 0 saturated carbocycles. The Labute approximate surface area is 204 Å². The predicted octanol–water partition coefficient (Wildman–Crippen LogP) is 2.47. The fraction of sp³-hybridized carbons (Fsp3) is 0.385. The molecule has 0 bridgehead atoms. The Morgan fingerprint density at radius 3 is 2.40 bits per heavy atom. The van der Waals surface area contributed by atoms with Crippen molar-refractivity contribution in [2.45, 2.75) is 6.04 Å². The summed E-state index contributed by atoms with van der Waals surface area (Å²) in [6, 6.07) is 11.3. The summed E-state index contributed by atoms with van der Waals surface area (Å²) in [5.41, 5.74) is 1.05. The second-order valence-electron chi connectivity index (χ2n) is 8.29. The molecule has 0 spiro atoms. The molecular formula is C26H30N2O7. The molecule has 1 N–H and O–H groups in total. The smallest absolute Gasteiger partial charge is 0.295 e. The molecule has 0 radical (unpaired) electrons. The normalized spacial score (nSPS) is 20.2. The second-order valence-corrected chi connectivity index (χ2v) is 8.29. The number of aliphatic hydroxyl groups excluding tert-OH is 1. The lowest BCUT2D eigenvalue weighted by Gasteiger charge is -2.31. The van der Waals surface area contributed by atoms with Crippen molar-refractivity contribution in [2.75, 3.05) is 60.7 Å². The van der Waals surface area contributed by atoms with Crippen LogP contribution in [0.15, 0.2) is 48.0 Å². The third-order valence-electron chi connectivity index (χ3n) is 6.37. The Balaban J connectivity index is 1.77. The van der Waals surface area contributed by atoms with Gasteiger partial charge in [-0.05, 0) is 35.9 Å². The number of hydrogen-bond acceptors (Lipinski definition) is 8. The zero-order chi connectivity index (χ0) is 24.9. The van der Waals surface area contributed by atoms with Crippen LogP contribution in [0.3, 0.4) is 0 Å². The maximum Gasteiger partial charge on any atom is 0.295 e. The summed E-state index contributed by atoms with van der Waals surface area (Å²) < 4.78 is 21.4. The quantitative estimate of drug-likeness (QED) is 0.348. The summed E-state index contributed by atoms with van der Waals surface area (Å²) in [7, 11) is 4.56. The molecule has 0 aromatic heterocycles. The van der Waals surface area contributed by atoms with Crippen LogP contribution in [0.5, 0.6) is 17.2 Å². The van der Waals surface area contributed by atoms with Crippen LogP contribution in [-0.4, -0.2) is 87.3 Å². The van der Waals surface area contributed by atoms with Gasteiger partial charge in [0.25, 0.3) is 11.7 Å². The monoisotopic (exact) mass is 482 g/mol. The fourth-order valence-corrected chi connectivity index (χ4v) is 4.48. The van der Waals surface area contributed by atoms with E-state index in [2.05, 4.69) is 4.90 Å². The molecule has 0 aliphatic carbocycles. The van der Waals surface area contributed by atoms with Crippen LogP contribution in [0.25, 0.3) is 5.76 Å². The molecule has 1 atom stereocenters. The Bertz CT molecular complexity index is 1120. The number of benzene rings is 2. The Morgan fingerprint density at radius 1 is 0.971 bits per heavy atom. The van der Waals surface area contributed by atoms with Crippen LogP contribution in [0.2, 0.25) is 0 Å². The van der Waals surface area contributed by atoms with E-state index in [4.69, 9.17) is 18.9 Å². The van der Waals surface area contributed by atoms with Crippen molar-refractivity contribution in [1.82, 2.24) is 9.80 Å². The maximum atomic E-state index is 13.3. The van der Waals surface area contributed by atoms with E-state index in [1.54, 1.807) is 43.5 Å². The van der Waals surface area contributed by atoms with E-state index < -0.39 is 17.7 Å². The largest absolute Gasteiger partial charge is 0.507 e. The number of rotatable bonds is 8. The van der Waals surface area contributed by atoms with Gasteiger partial charge in [-0.15, -0.1) is 0 Å². The third-order valence-corrected chi connectivity index (χ3v) is 6.37. The van der Waals surface area contributed by atoms with Crippen LogP contribution in [0, 0.1) is 0 Å². The number of hydrogen-bond donors (Lipinski definition) is 1. The molecule has 186 valence electrons. The van der Waals surface area contributed by atoms with E-state index in [1.807, 2.05) is 6.07 Å². The van der Waals surface area contributed by atoms with Gasteiger partial charge in [-0.3, -0.25) is 14.5 Å². The first-order valence-electron chi connectivity index (χ1n) is 11.4. The summed E-state index contributed by atoms with van der Waals surface area (Å²) in [6.07, 6.45) is 0. The Hall–Kier alpha value is -3.56. The fourth-order valence-electron chi connectivity index (χ4n) is 4.48. The van der Waals surface area contributed by atoms with Crippen molar-refractivity contribution >= 4 is 17.4 Å². The highest BCUT2D eigenvalue weighted by Crippen LogP contribution is 2.41. The van der Waals surface area contributed by atoms with Gasteiger partial charge in [-0.2, -0.15) is 0 Å². The molecule has 1 amide bonds. The van der Waals surface area contributed by atoms with Crippen molar-refractivity contribution < 1.29 is 33.6 Å². The number of ether oxygens (including phenoxy) is 4. The number of morpholine rings is 1. The van der Waals surface area contributed by atoms with Crippen LogP contribution >= 0.6 is 0 Å². The second kappa shape index (κ2) is 10.8. The summed E-state index contributed by atoms with van der Waals surface area (Å²) >= 11 is 0. The topological polar surface area (TPSA) is 97.8 Å². The summed E-state index contributed by atoms with van der Waals surface area (Å²) in [6.45, 7) is 3.72. The number of carbonyl (C=O) groups excluding carboxylic acids is 2. The molecule has 2 aliphatic heterocycles. The van der Waals surface area contributed by atoms with E-state index in [-0.39, 0.29) is 11.3 Å². The molecule has 35 heavy (non-hydrogen) atoms. The summed E-state index contributed by atoms with van der Waals surface area (Å²) in [4.78, 5) is 30.2. The van der Waals surface area contributed by atoms with E-state index in [1.165, 1.54) is 19.1 Å². The first-order valence-corrected chi connectivity index (χ1v) is 11.4. The van der Waals surface area contributed by atoms with Crippen molar-refractivity contribution in [3.8, 4) is 17.2 Å². The zero-order valence-corrected chi connectivity index (χ0v) is 20.2. The highest BCUT2D eigenvalue weighted by molar-refractivity contribution is 6.46. The number of aliphatic hydroxyl groups is 1. The van der Waals surface area contributed by atoms with Gasteiger partial charge >= 0.3 is 0 Å². The van der Waals surface area contributed by atoms with Gasteiger partial charge < -0.3 is 29.0 Å². The molecular weight excluding hydrogens is 452 g/mol. The Morgan fingerprint density at radius 2 is 1.71 bits per heavy atom. The molecule has 9 nitrogen and oxygen atoms in total. The lowest BCUT2D eigenvalue weighted by atomic mass is 9.95. The predicted molar refractivity (Wildman–Crippen MR) is 129 cm³/mol. The standard InChI is InChI=1S/C26H30N2O7/c1-32-19-6-4-5-17(15-19)23-22(24(29)18-7-8-20(33-2)21(16-18)34-3)25(30)26(31)28(23)10-9-27-11-13-35-14-12-27/h4-8,15-16,23,29H,9-14H2,1-3H3/t23-/m1/s1. The number of Topliss-reactive ketones (excluding diaryl/α,β-unsaturated/α-hetero) is 1. The van der Waals surface area contributed by atoms with Gasteiger partial charge in [0.1, 0.15) is 11.5 Å². The van der Waals surface area contributed by atoms with Gasteiger partial charge in [0.2, 0.25) is 0 Å². The highest BCUT2D eigenvalue weighted by atomic mass is 16.5. The maximum absolute atomic E-state index is 13.3. The molecule has 4 rings (SSSR count). The number of carbonyl (C=O) groups is 2. The average Bonchev–Trinajstić information content (AvgIpc) is 3.16. The molecule has 2 saturated heterocycles. The minimum Gasteiger partial charge on any atom is -0.507 e. The van der Waals surface area contributed by atoms with Crippen LogP contribution in [-0.2, 0) is 14.3 Å². The average molecular weight is 483 g/mol. The van der Waals surface area contributed by atoms with Crippen molar-refractivity contribution in [3.05, 3.63) is 59.2 Å². The summed E-state index contributed by atoms with van der Waals surface area (Å²) in [5, 5.41) is 11.3. The third kappa shape index (κ3) is 4.96. The van der Waals surface area contributed by atoms with Crippen molar-refractivity contribution in [2.24, 2.45) is 0 Å². The van der Waals surface area contributed by atoms with E-state index in [0.29, 0.717) is 54.7 Å². The highest BCUT2D eigenvalue weighted by Gasteiger charge is 2.46. The molecule has 2 fully saturated rings. The van der Waals surface area contributed by atoms with Crippen LogP contribution in [0.4, 0.5) is 0 Å². The van der Waals surface area contributed by atoms with E-state index in [0.717, 1.165) is 13.1 Å². The van der Waals surface area contributed by atoms with Gasteiger partial charge in [-0.1, -0.05) is 12.1 Å². The van der Waals surface area contributed by atoms with Gasteiger partial charge in [0.05, 0.1) is 46.2 Å². The minimum atomic E-state index is -0.765. The molecule has 0 unspecified atom stereocenters. The SMILES string of the molecule is COc1cccc([C@@H]2C(=C(O)c3ccc(OC)c(OC)c3)C(=O)C(=O)N2CCN2CCOCC2)c1. The zero-order valence-electron chi connectivity index (χ0n) is 20.2. The number of likely N-dealkylation sites (tertiary alicyclic amines) is 1. The summed E-state index contributed by atoms with van der Waals surface area (Å²) in [5.74, 6) is -0.172.